The van der Waals surface area contributed by atoms with E-state index in [2.05, 4.69) is 25.3 Å². The van der Waals surface area contributed by atoms with Gasteiger partial charge in [-0.25, -0.2) is 15.0 Å². The summed E-state index contributed by atoms with van der Waals surface area (Å²) in [7, 11) is 2.96. The summed E-state index contributed by atoms with van der Waals surface area (Å²) < 4.78 is 48.7. The number of methoxy groups -OCH3 is 2. The van der Waals surface area contributed by atoms with Crippen LogP contribution in [0.4, 0.5) is 19.0 Å². The van der Waals surface area contributed by atoms with Crippen LogP contribution in [0.25, 0.3) is 33.3 Å². The van der Waals surface area contributed by atoms with E-state index < -0.39 is 24.2 Å². The number of rotatable bonds is 7. The highest BCUT2D eigenvalue weighted by atomic mass is 19.4. The molecule has 0 bridgehead atoms. The van der Waals surface area contributed by atoms with Gasteiger partial charge >= 0.3 is 6.18 Å². The van der Waals surface area contributed by atoms with E-state index in [0.29, 0.717) is 39.4 Å². The molecule has 35 heavy (non-hydrogen) atoms. The molecule has 12 heteroatoms. The van der Waals surface area contributed by atoms with Gasteiger partial charge in [0, 0.05) is 39.1 Å². The number of anilines is 1. The average molecular weight is 495 g/mol. The molecular formula is C23H29F3N6O3. The summed E-state index contributed by atoms with van der Waals surface area (Å²) in [6, 6.07) is 6.94. The van der Waals surface area contributed by atoms with Crippen LogP contribution in [0, 0.1) is 0 Å². The highest BCUT2D eigenvalue weighted by Crippen LogP contribution is 2.37. The van der Waals surface area contributed by atoms with E-state index in [1.807, 2.05) is 11.4 Å². The molecule has 4 aromatic rings. The summed E-state index contributed by atoms with van der Waals surface area (Å²) in [5, 5.41) is 6.16. The summed E-state index contributed by atoms with van der Waals surface area (Å²) >= 11 is 0. The third-order valence-electron chi connectivity index (χ3n) is 5.34. The second-order valence-corrected chi connectivity index (χ2v) is 8.27. The van der Waals surface area contributed by atoms with Gasteiger partial charge in [-0.05, 0) is 32.0 Å². The molecule has 3 N–H and O–H groups in total. The Morgan fingerprint density at radius 2 is 1.83 bits per heavy atom. The van der Waals surface area contributed by atoms with Gasteiger partial charge in [-0.15, -0.1) is 0 Å². The molecular weight excluding hydrogens is 465 g/mol. The maximum absolute atomic E-state index is 12.6. The number of hydrogen-bond acceptors (Lipinski definition) is 7. The second-order valence-electron chi connectivity index (χ2n) is 8.27. The van der Waals surface area contributed by atoms with Crippen LogP contribution in [0.2, 0.25) is 0 Å². The number of H-pyrrole nitrogens is 1. The molecule has 4 rings (SSSR count). The zero-order chi connectivity index (χ0) is 25.4. The Morgan fingerprint density at radius 3 is 2.51 bits per heavy atom. The van der Waals surface area contributed by atoms with Crippen LogP contribution in [0.15, 0.2) is 36.7 Å². The molecule has 0 aliphatic rings. The molecule has 0 spiro atoms. The molecule has 0 atom stereocenters. The molecule has 3 heterocycles. The average Bonchev–Trinajstić information content (AvgIpc) is 3.25. The van der Waals surface area contributed by atoms with E-state index in [1.54, 1.807) is 30.6 Å². The van der Waals surface area contributed by atoms with E-state index >= 15 is 0 Å². The quantitative estimate of drug-likeness (QED) is 0.338. The van der Waals surface area contributed by atoms with Crippen molar-refractivity contribution in [2.24, 2.45) is 0 Å². The molecule has 1 aromatic carbocycles. The third-order valence-corrected chi connectivity index (χ3v) is 5.34. The van der Waals surface area contributed by atoms with E-state index in [0.717, 1.165) is 5.39 Å². The van der Waals surface area contributed by atoms with E-state index in [1.165, 1.54) is 28.1 Å². The fourth-order valence-corrected chi connectivity index (χ4v) is 3.57. The monoisotopic (exact) mass is 494 g/mol. The zero-order valence-corrected chi connectivity index (χ0v) is 19.4. The maximum atomic E-state index is 12.6. The minimum absolute atomic E-state index is 0. The first-order valence-electron chi connectivity index (χ1n) is 10.5. The van der Waals surface area contributed by atoms with Crippen LogP contribution in [0.3, 0.4) is 0 Å². The summed E-state index contributed by atoms with van der Waals surface area (Å²) in [6.07, 6.45) is -1.17. The fourth-order valence-electron chi connectivity index (χ4n) is 3.57. The highest BCUT2D eigenvalue weighted by molar-refractivity contribution is 5.98. The minimum atomic E-state index is -4.53. The number of nitrogens with one attached hydrogen (secondary N) is 3. The van der Waals surface area contributed by atoms with Gasteiger partial charge in [0.15, 0.2) is 17.3 Å². The van der Waals surface area contributed by atoms with E-state index in [9.17, 15) is 18.0 Å². The van der Waals surface area contributed by atoms with Gasteiger partial charge in [0.25, 0.3) is 0 Å². The lowest BCUT2D eigenvalue weighted by Crippen LogP contribution is -2.50. The predicted molar refractivity (Wildman–Crippen MR) is 131 cm³/mol. The number of ether oxygens (including phenoxy) is 2. The van der Waals surface area contributed by atoms with Gasteiger partial charge in [-0.1, -0.05) is 0 Å². The highest BCUT2D eigenvalue weighted by Gasteiger charge is 2.34. The number of nitrogens with zero attached hydrogens (tertiary/aromatic N) is 3. The topological polar surface area (TPSA) is 114 Å². The Morgan fingerprint density at radius 1 is 1.11 bits per heavy atom. The normalized spacial score (nSPS) is 12.1. The van der Waals surface area contributed by atoms with Crippen molar-refractivity contribution in [3.8, 4) is 22.9 Å². The number of carbonyl (C=O) groups is 1. The largest absolute Gasteiger partial charge is 0.493 e. The summed E-state index contributed by atoms with van der Waals surface area (Å²) in [5.41, 5.74) is 0.325. The number of aromatic nitrogens is 4. The number of amides is 1. The molecule has 0 saturated carbocycles. The lowest BCUT2D eigenvalue weighted by atomic mass is 10.0. The van der Waals surface area contributed by atoms with Crippen molar-refractivity contribution in [3.63, 3.8) is 0 Å². The van der Waals surface area contributed by atoms with Crippen LogP contribution in [0.1, 0.15) is 18.1 Å². The Kier molecular flexibility index (Phi) is 6.14. The maximum Gasteiger partial charge on any atom is 0.405 e. The number of alkyl halides is 3. The number of fused-ring (bicyclic) bond motifs is 2. The molecule has 0 saturated heterocycles. The van der Waals surface area contributed by atoms with Crippen molar-refractivity contribution in [1.29, 1.82) is 0 Å². The minimum Gasteiger partial charge on any atom is -0.493 e. The SMILES string of the molecule is COc1cc2nc(-c3c[nH]c4ncccc34)nc(NC(C)(C)C(=O)NCC(F)(F)F)c2cc1OC.[HH].[HH].[HH]. The molecule has 0 aliphatic carbocycles. The van der Waals surface area contributed by atoms with Gasteiger partial charge in [0.2, 0.25) is 5.91 Å². The summed E-state index contributed by atoms with van der Waals surface area (Å²) in [4.78, 5) is 29.2. The van der Waals surface area contributed by atoms with Gasteiger partial charge in [-0.2, -0.15) is 13.2 Å². The van der Waals surface area contributed by atoms with Crippen LogP contribution in [-0.4, -0.2) is 58.3 Å². The Labute approximate surface area is 202 Å². The lowest BCUT2D eigenvalue weighted by Gasteiger charge is -2.27. The Balaban J connectivity index is 0.00000241. The van der Waals surface area contributed by atoms with Gasteiger partial charge < -0.3 is 25.1 Å². The summed E-state index contributed by atoms with van der Waals surface area (Å²) in [6.45, 7) is 1.48. The van der Waals surface area contributed by atoms with E-state index in [4.69, 9.17) is 9.47 Å². The first-order valence-corrected chi connectivity index (χ1v) is 10.5. The summed E-state index contributed by atoms with van der Waals surface area (Å²) in [5.74, 6) is 0.530. The van der Waals surface area contributed by atoms with Crippen molar-refractivity contribution in [2.75, 3.05) is 26.1 Å². The third kappa shape index (κ3) is 4.91. The molecule has 9 nitrogen and oxygen atoms in total. The standard InChI is InChI=1S/C23H23F3N6O3.3H2/c1-22(2,21(33)29-11-23(24,25)26)32-20-13-8-16(34-3)17(35-4)9-15(13)30-19(31-20)14-10-28-18-12(14)6-5-7-27-18;;;/h5-10H,11H2,1-4H3,(H,27,28)(H,29,33)(H,30,31,32);3*1H. The molecule has 0 fully saturated rings. The molecule has 0 radical (unpaired) electrons. The molecule has 190 valence electrons. The predicted octanol–water partition coefficient (Wildman–Crippen LogP) is 4.80. The van der Waals surface area contributed by atoms with E-state index in [-0.39, 0.29) is 10.1 Å². The fraction of sp³-hybridized carbons (Fsp3) is 0.304. The Hall–Kier alpha value is -4.09. The molecule has 0 unspecified atom stereocenters. The second kappa shape index (κ2) is 8.93. The first-order chi connectivity index (χ1) is 16.5. The Bertz CT molecular complexity index is 1420. The first kappa shape index (κ1) is 24.0. The number of benzene rings is 1. The van der Waals surface area contributed by atoms with Crippen LogP contribution >= 0.6 is 0 Å². The van der Waals surface area contributed by atoms with Crippen LogP contribution in [0.5, 0.6) is 11.5 Å². The number of carbonyl (C=O) groups excluding carboxylic acids is 1. The van der Waals surface area contributed by atoms with Crippen LogP contribution in [-0.2, 0) is 4.79 Å². The van der Waals surface area contributed by atoms with Gasteiger partial charge in [-0.3, -0.25) is 4.79 Å². The number of pyridine rings is 1. The number of hydrogen-bond donors (Lipinski definition) is 3. The van der Waals surface area contributed by atoms with Crippen molar-refractivity contribution >= 4 is 33.7 Å². The van der Waals surface area contributed by atoms with Crippen molar-refractivity contribution in [2.45, 2.75) is 25.6 Å². The smallest absolute Gasteiger partial charge is 0.405 e. The molecule has 0 aliphatic heterocycles. The van der Waals surface area contributed by atoms with Crippen molar-refractivity contribution in [3.05, 3.63) is 36.7 Å². The van der Waals surface area contributed by atoms with Crippen molar-refractivity contribution in [1.82, 2.24) is 25.3 Å². The lowest BCUT2D eigenvalue weighted by molar-refractivity contribution is -0.140. The van der Waals surface area contributed by atoms with Gasteiger partial charge in [0.1, 0.15) is 23.5 Å². The van der Waals surface area contributed by atoms with Gasteiger partial charge in [0.05, 0.1) is 19.7 Å². The molecule has 3 aromatic heterocycles. The molecule has 1 amide bonds. The van der Waals surface area contributed by atoms with Crippen LogP contribution < -0.4 is 20.1 Å². The zero-order valence-electron chi connectivity index (χ0n) is 19.4. The number of halogens is 3. The van der Waals surface area contributed by atoms with Crippen molar-refractivity contribution < 1.29 is 31.7 Å². The number of aromatic amines is 1.